The topological polar surface area (TPSA) is 333 Å². The standard InChI is InChI=1S/C42H54N5O18P3S2/c1-8-43-30-15-32-28(12-22(30)3)37(29-13-23(4)31(44-9-2)16-33(29)62-32)26-11-10-25(14-27(26)40(50)51)39(49)45-20-42(6,7)70-69-21-60-34-17-36(47-18-24(5)38(48)46-41(47)52)63-35(34)19-61-67(56,57)65-68(58,59)64-66(53,54)55/h10-16,18,30,34-36,43-44H,8-9,17,19-21H2,1-7H3,(H,45,49)(H,50,51)(H,56,57)(H,58,59)(H,46,48,52)(H2,53,54,55)/t30?,34?,35-,36-/m1/s1. The van der Waals surface area contributed by atoms with Crippen molar-refractivity contribution in [1.29, 1.82) is 0 Å². The van der Waals surface area contributed by atoms with Gasteiger partial charge < -0.3 is 54.8 Å². The van der Waals surface area contributed by atoms with E-state index < -0.39 is 76.4 Å². The second kappa shape index (κ2) is 22.3. The largest absolute Gasteiger partial charge is 0.490 e. The first-order chi connectivity index (χ1) is 32.7. The highest BCUT2D eigenvalue weighted by Gasteiger charge is 2.44. The van der Waals surface area contributed by atoms with Gasteiger partial charge in [0, 0.05) is 70.0 Å². The number of benzene rings is 2. The molecule has 23 nitrogen and oxygen atoms in total. The van der Waals surface area contributed by atoms with Gasteiger partial charge in [0.25, 0.3) is 11.5 Å². The van der Waals surface area contributed by atoms with Crippen LogP contribution in [0.1, 0.15) is 90.2 Å². The van der Waals surface area contributed by atoms with Gasteiger partial charge in [0.15, 0.2) is 0 Å². The number of fused-ring (bicyclic) bond motifs is 2. The number of ether oxygens (including phenoxy) is 3. The Morgan fingerprint density at radius 2 is 1.70 bits per heavy atom. The maximum absolute atomic E-state index is 13.7. The number of rotatable bonds is 22. The van der Waals surface area contributed by atoms with E-state index in [2.05, 4.69) is 29.6 Å². The molecule has 1 saturated heterocycles. The lowest BCUT2D eigenvalue weighted by Gasteiger charge is -2.31. The first-order valence-corrected chi connectivity index (χ1v) is 28.3. The Labute approximate surface area is 409 Å². The van der Waals surface area contributed by atoms with Gasteiger partial charge in [-0.15, -0.1) is 0 Å². The molecule has 0 radical (unpaired) electrons. The van der Waals surface area contributed by atoms with Crippen LogP contribution in [0.3, 0.4) is 0 Å². The van der Waals surface area contributed by atoms with E-state index >= 15 is 0 Å². The number of phosphoric ester groups is 1. The summed E-state index contributed by atoms with van der Waals surface area (Å²) in [5.41, 5.74) is 4.01. The zero-order valence-corrected chi connectivity index (χ0v) is 43.1. The van der Waals surface area contributed by atoms with Gasteiger partial charge in [-0.1, -0.05) is 40.2 Å². The third-order valence-corrected chi connectivity index (χ3v) is 17.6. The van der Waals surface area contributed by atoms with Crippen molar-refractivity contribution in [3.8, 4) is 5.75 Å². The highest BCUT2D eigenvalue weighted by atomic mass is 33.1. The maximum Gasteiger partial charge on any atom is 0.490 e. The molecule has 1 aliphatic carbocycles. The number of hydrogen-bond donors (Lipinski definition) is 9. The minimum absolute atomic E-state index is 0.0686. The Morgan fingerprint density at radius 3 is 2.37 bits per heavy atom. The summed E-state index contributed by atoms with van der Waals surface area (Å²) in [6.45, 7) is 13.7. The van der Waals surface area contributed by atoms with Crippen molar-refractivity contribution >= 4 is 68.2 Å². The molecule has 2 aliphatic heterocycles. The molecule has 0 spiro atoms. The molecule has 1 aromatic heterocycles. The molecule has 70 heavy (non-hydrogen) atoms. The number of carboxylic acids is 1. The van der Waals surface area contributed by atoms with E-state index in [0.717, 1.165) is 21.4 Å². The number of nitrogens with zero attached hydrogens (tertiary/aromatic N) is 1. The van der Waals surface area contributed by atoms with Gasteiger partial charge in [0.05, 0.1) is 24.3 Å². The van der Waals surface area contributed by atoms with Gasteiger partial charge in [0.2, 0.25) is 0 Å². The number of anilines is 1. The second-order valence-corrected chi connectivity index (χ2v) is 24.2. The zero-order valence-electron chi connectivity index (χ0n) is 38.8. The normalized spacial score (nSPS) is 20.8. The van der Waals surface area contributed by atoms with Crippen LogP contribution in [-0.2, 0) is 36.3 Å². The molecular weight excluding hydrogens is 1020 g/mol. The molecule has 0 saturated carbocycles. The lowest BCUT2D eigenvalue weighted by Crippen LogP contribution is -2.36. The van der Waals surface area contributed by atoms with Crippen molar-refractivity contribution in [2.24, 2.45) is 0 Å². The number of phosphoric acid groups is 3. The van der Waals surface area contributed by atoms with Crippen molar-refractivity contribution < 1.29 is 75.3 Å². The molecule has 3 aromatic rings. The fourth-order valence-corrected chi connectivity index (χ4v) is 12.9. The molecule has 3 aliphatic rings. The first-order valence-electron chi connectivity index (χ1n) is 21.5. The van der Waals surface area contributed by atoms with Crippen molar-refractivity contribution in [1.82, 2.24) is 20.2 Å². The van der Waals surface area contributed by atoms with Gasteiger partial charge in [-0.05, 0) is 89.6 Å². The van der Waals surface area contributed by atoms with Crippen LogP contribution in [0.5, 0.6) is 5.75 Å². The van der Waals surface area contributed by atoms with E-state index in [1.165, 1.54) is 40.8 Å². The number of allylic oxidation sites excluding steroid dienone is 1. The lowest BCUT2D eigenvalue weighted by atomic mass is 9.82. The van der Waals surface area contributed by atoms with Crippen LogP contribution in [0, 0.1) is 13.8 Å². The highest BCUT2D eigenvalue weighted by molar-refractivity contribution is 8.77. The van der Waals surface area contributed by atoms with E-state index in [9.17, 15) is 47.8 Å². The number of amides is 1. The second-order valence-electron chi connectivity index (χ2n) is 16.8. The molecular formula is C42H54N5O18P3S2. The molecule has 1 fully saturated rings. The number of carbonyl (C=O) groups excluding carboxylic acids is 1. The Hall–Kier alpha value is -4.13. The SMILES string of the molecule is CCNc1cc2c(cc1C)C(c1ccc(C(=O)NCC(C)(C)SSCOC3C[C@H](n4cc(C)c(=O)[nH]c4=O)O[C@@H]3COP(=O)(O)OP(=O)(O)OP(=O)(O)O)cc1C(=O)O)=C1C=C(C)C(NCC)C=C1O2. The van der Waals surface area contributed by atoms with Crippen LogP contribution >= 0.6 is 45.1 Å². The van der Waals surface area contributed by atoms with E-state index in [1.807, 2.05) is 65.8 Å². The number of H-pyrrole nitrogens is 1. The summed E-state index contributed by atoms with van der Waals surface area (Å²) in [5, 5.41) is 20.3. The maximum atomic E-state index is 13.7. The molecule has 6 atom stereocenters. The number of aryl methyl sites for hydroxylation is 2. The number of aromatic carboxylic acids is 1. The third kappa shape index (κ3) is 13.9. The van der Waals surface area contributed by atoms with E-state index in [0.29, 0.717) is 46.9 Å². The van der Waals surface area contributed by atoms with Gasteiger partial charge in [-0.3, -0.25) is 23.7 Å². The summed E-state index contributed by atoms with van der Waals surface area (Å²) >= 11 is 0. The van der Waals surface area contributed by atoms with Crippen LogP contribution in [0.4, 0.5) is 5.69 Å². The molecule has 9 N–H and O–H groups in total. The number of nitrogens with one attached hydrogen (secondary N) is 4. The number of aromatic nitrogens is 2. The summed E-state index contributed by atoms with van der Waals surface area (Å²) in [7, 11) is -14.5. The number of carboxylic acid groups (broad SMARTS) is 1. The van der Waals surface area contributed by atoms with Gasteiger partial charge in [-0.25, -0.2) is 23.3 Å². The van der Waals surface area contributed by atoms with Crippen LogP contribution in [0.2, 0.25) is 0 Å². The zero-order chi connectivity index (χ0) is 51.5. The first kappa shape index (κ1) is 55.2. The summed E-state index contributed by atoms with van der Waals surface area (Å²) < 4.78 is 66.5. The molecule has 1 amide bonds. The van der Waals surface area contributed by atoms with Crippen LogP contribution < -0.4 is 31.9 Å². The van der Waals surface area contributed by atoms with Crippen LogP contribution in [0.15, 0.2) is 75.2 Å². The minimum atomic E-state index is -5.81. The average Bonchev–Trinajstić information content (AvgIpc) is 3.66. The predicted molar refractivity (Wildman–Crippen MR) is 260 cm³/mol. The predicted octanol–water partition coefficient (Wildman–Crippen LogP) is 5.86. The minimum Gasteiger partial charge on any atom is -0.478 e. The van der Waals surface area contributed by atoms with E-state index in [1.54, 1.807) is 12.1 Å². The van der Waals surface area contributed by atoms with Gasteiger partial charge >= 0.3 is 35.1 Å². The summed E-state index contributed by atoms with van der Waals surface area (Å²) in [4.78, 5) is 90.8. The molecule has 2 aromatic carbocycles. The van der Waals surface area contributed by atoms with Crippen molar-refractivity contribution in [3.05, 3.63) is 120 Å². The molecule has 28 heteroatoms. The molecule has 4 unspecified atom stereocenters. The molecule has 6 rings (SSSR count). The third-order valence-electron chi connectivity index (χ3n) is 10.8. The monoisotopic (exact) mass is 1070 g/mol. The smallest absolute Gasteiger partial charge is 0.478 e. The molecule has 0 bridgehead atoms. The fraction of sp³-hybridized carbons (Fsp3) is 0.429. The Morgan fingerprint density at radius 1 is 0.971 bits per heavy atom. The van der Waals surface area contributed by atoms with Crippen LogP contribution in [0.25, 0.3) is 5.57 Å². The van der Waals surface area contributed by atoms with Gasteiger partial charge in [0.1, 0.15) is 29.8 Å². The Balaban J connectivity index is 1.13. The summed E-state index contributed by atoms with van der Waals surface area (Å²) in [5.74, 6) is -0.692. The number of likely N-dealkylation sites (N-methyl/N-ethyl adjacent to an activating group) is 1. The molecule has 382 valence electrons. The highest BCUT2D eigenvalue weighted by Crippen LogP contribution is 2.66. The molecule has 3 heterocycles. The van der Waals surface area contributed by atoms with Crippen molar-refractivity contribution in [2.75, 3.05) is 37.5 Å². The van der Waals surface area contributed by atoms with E-state index in [-0.39, 0.29) is 41.6 Å². The summed E-state index contributed by atoms with van der Waals surface area (Å²) in [6, 6.07) is 8.34. The Kier molecular flexibility index (Phi) is 17.6. The fourth-order valence-electron chi connectivity index (χ4n) is 7.66. The van der Waals surface area contributed by atoms with Crippen LogP contribution in [-0.4, -0.2) is 101 Å². The number of hydrogen-bond acceptors (Lipinski definition) is 17. The number of carbonyl (C=O) groups is 2. The average molecular weight is 1070 g/mol. The van der Waals surface area contributed by atoms with E-state index in [4.69, 9.17) is 28.5 Å². The van der Waals surface area contributed by atoms with Gasteiger partial charge in [-0.2, -0.15) is 8.62 Å². The Bertz CT molecular complexity index is 2900. The summed E-state index contributed by atoms with van der Waals surface area (Å²) in [6.07, 6.45) is 1.79. The number of aromatic amines is 1. The van der Waals surface area contributed by atoms with Crippen molar-refractivity contribution in [3.63, 3.8) is 0 Å². The van der Waals surface area contributed by atoms with Crippen molar-refractivity contribution in [2.45, 2.75) is 84.1 Å². The quantitative estimate of drug-likeness (QED) is 0.0246. The lowest BCUT2D eigenvalue weighted by molar-refractivity contribution is -0.0543.